The number of rotatable bonds is 17. The molecule has 0 saturated heterocycles. The number of unbranched alkanes of at least 4 members (excludes halogenated alkanes) is 9. The van der Waals surface area contributed by atoms with Crippen LogP contribution in [0.25, 0.3) is 22.3 Å². The van der Waals surface area contributed by atoms with Gasteiger partial charge in [-0.2, -0.15) is 4.39 Å². The van der Waals surface area contributed by atoms with Crippen molar-refractivity contribution in [2.75, 3.05) is 13.2 Å². The van der Waals surface area contributed by atoms with Crippen molar-refractivity contribution in [3.63, 3.8) is 0 Å². The topological polar surface area (TPSA) is 18.5 Å². The predicted molar refractivity (Wildman–Crippen MR) is 150 cm³/mol. The van der Waals surface area contributed by atoms with Crippen molar-refractivity contribution in [1.82, 2.24) is 0 Å². The molecule has 0 amide bonds. The molecular weight excluding hydrogens is 466 g/mol. The van der Waals surface area contributed by atoms with E-state index in [2.05, 4.69) is 13.8 Å². The van der Waals surface area contributed by atoms with Gasteiger partial charge in [0.15, 0.2) is 11.6 Å². The molecule has 2 nitrogen and oxygen atoms in total. The van der Waals surface area contributed by atoms with E-state index in [1.807, 2.05) is 48.5 Å². The molecule has 0 aromatic heterocycles. The van der Waals surface area contributed by atoms with Gasteiger partial charge in [0.2, 0.25) is 5.82 Å². The smallest absolute Gasteiger partial charge is 0.201 e. The molecular formula is C33H42F2O2. The summed E-state index contributed by atoms with van der Waals surface area (Å²) in [5.41, 5.74) is 2.92. The standard InChI is InChI=1S/C33H42F2O2/c1-3-5-7-9-11-12-24-36-29-20-18-27(19-21-29)26-14-16-28(17-15-26)30-22-23-31(33(35)32(30)34)37-25-13-10-8-6-4-2/h14-23H,3-13,24-25H2,1-2H3. The summed E-state index contributed by atoms with van der Waals surface area (Å²) in [6, 6.07) is 18.7. The Balaban J connectivity index is 1.53. The predicted octanol–water partition coefficient (Wildman–Crippen LogP) is 10.4. The van der Waals surface area contributed by atoms with Crippen LogP contribution in [0.15, 0.2) is 60.7 Å². The average molecular weight is 509 g/mol. The molecule has 0 saturated carbocycles. The number of ether oxygens (including phenoxy) is 2. The van der Waals surface area contributed by atoms with E-state index in [9.17, 15) is 8.78 Å². The number of halogens is 2. The van der Waals surface area contributed by atoms with E-state index >= 15 is 0 Å². The maximum atomic E-state index is 14.8. The quantitative estimate of drug-likeness (QED) is 0.169. The summed E-state index contributed by atoms with van der Waals surface area (Å²) in [6.45, 7) is 5.53. The van der Waals surface area contributed by atoms with Gasteiger partial charge in [-0.3, -0.25) is 0 Å². The minimum absolute atomic E-state index is 0.0211. The maximum Gasteiger partial charge on any atom is 0.201 e. The number of hydrogen-bond donors (Lipinski definition) is 0. The van der Waals surface area contributed by atoms with E-state index < -0.39 is 11.6 Å². The van der Waals surface area contributed by atoms with E-state index in [-0.39, 0.29) is 11.3 Å². The fourth-order valence-corrected chi connectivity index (χ4v) is 4.41. The molecule has 0 spiro atoms. The lowest BCUT2D eigenvalue weighted by Gasteiger charge is -2.11. The SMILES string of the molecule is CCCCCCCCOc1ccc(-c2ccc(-c3ccc(OCCCCCCC)c(F)c3F)cc2)cc1. The third-order valence-corrected chi connectivity index (χ3v) is 6.70. The van der Waals surface area contributed by atoms with Gasteiger partial charge in [0.25, 0.3) is 0 Å². The minimum Gasteiger partial charge on any atom is -0.494 e. The highest BCUT2D eigenvalue weighted by Crippen LogP contribution is 2.32. The molecule has 3 aromatic carbocycles. The normalized spacial score (nSPS) is 11.0. The van der Waals surface area contributed by atoms with Crippen molar-refractivity contribution < 1.29 is 18.3 Å². The molecule has 3 aromatic rings. The fraction of sp³-hybridized carbons (Fsp3) is 0.455. The molecule has 0 atom stereocenters. The second-order valence-electron chi connectivity index (χ2n) is 9.72. The van der Waals surface area contributed by atoms with E-state index in [0.29, 0.717) is 12.2 Å². The Bertz CT molecular complexity index is 1050. The van der Waals surface area contributed by atoms with E-state index in [1.54, 1.807) is 6.07 Å². The summed E-state index contributed by atoms with van der Waals surface area (Å²) in [6.07, 6.45) is 12.8. The molecule has 200 valence electrons. The van der Waals surface area contributed by atoms with Crippen molar-refractivity contribution in [1.29, 1.82) is 0 Å². The first-order chi connectivity index (χ1) is 18.1. The molecule has 0 aliphatic carbocycles. The second-order valence-corrected chi connectivity index (χ2v) is 9.72. The second kappa shape index (κ2) is 16.1. The summed E-state index contributed by atoms with van der Waals surface area (Å²) in [7, 11) is 0. The monoisotopic (exact) mass is 508 g/mol. The first kappa shape index (κ1) is 28.7. The Morgan fingerprint density at radius 1 is 0.486 bits per heavy atom. The van der Waals surface area contributed by atoms with Gasteiger partial charge in [0, 0.05) is 5.56 Å². The van der Waals surface area contributed by atoms with Crippen LogP contribution >= 0.6 is 0 Å². The largest absolute Gasteiger partial charge is 0.494 e. The lowest BCUT2D eigenvalue weighted by molar-refractivity contribution is 0.285. The Hall–Kier alpha value is -2.88. The van der Waals surface area contributed by atoms with Gasteiger partial charge in [-0.05, 0) is 53.8 Å². The minimum atomic E-state index is -0.924. The van der Waals surface area contributed by atoms with Crippen LogP contribution in [-0.4, -0.2) is 13.2 Å². The summed E-state index contributed by atoms with van der Waals surface area (Å²) < 4.78 is 40.8. The number of benzene rings is 3. The van der Waals surface area contributed by atoms with Crippen LogP contribution in [0.3, 0.4) is 0 Å². The van der Waals surface area contributed by atoms with E-state index in [1.165, 1.54) is 51.0 Å². The van der Waals surface area contributed by atoms with Crippen molar-refractivity contribution in [2.24, 2.45) is 0 Å². The first-order valence-corrected chi connectivity index (χ1v) is 14.1. The molecule has 4 heteroatoms. The molecule has 3 rings (SSSR count). The van der Waals surface area contributed by atoms with Crippen LogP contribution in [0.4, 0.5) is 8.78 Å². The first-order valence-electron chi connectivity index (χ1n) is 14.1. The molecule has 0 unspecified atom stereocenters. The van der Waals surface area contributed by atoms with Crippen LogP contribution < -0.4 is 9.47 Å². The van der Waals surface area contributed by atoms with Crippen molar-refractivity contribution in [3.8, 4) is 33.8 Å². The molecule has 0 N–H and O–H groups in total. The van der Waals surface area contributed by atoms with Gasteiger partial charge in [0.1, 0.15) is 5.75 Å². The van der Waals surface area contributed by atoms with Gasteiger partial charge >= 0.3 is 0 Å². The Morgan fingerprint density at radius 3 is 1.57 bits per heavy atom. The molecule has 0 radical (unpaired) electrons. The molecule has 0 fully saturated rings. The van der Waals surface area contributed by atoms with Crippen molar-refractivity contribution in [2.45, 2.75) is 84.5 Å². The molecule has 0 aliphatic rings. The lowest BCUT2D eigenvalue weighted by atomic mass is 9.99. The van der Waals surface area contributed by atoms with Gasteiger partial charge in [-0.1, -0.05) is 108 Å². The van der Waals surface area contributed by atoms with Gasteiger partial charge in [-0.25, -0.2) is 4.39 Å². The molecule has 37 heavy (non-hydrogen) atoms. The maximum absolute atomic E-state index is 14.8. The zero-order valence-electron chi connectivity index (χ0n) is 22.5. The fourth-order valence-electron chi connectivity index (χ4n) is 4.41. The van der Waals surface area contributed by atoms with Gasteiger partial charge < -0.3 is 9.47 Å². The summed E-state index contributed by atoms with van der Waals surface area (Å²) in [5, 5.41) is 0. The molecule has 0 bridgehead atoms. The molecule has 0 heterocycles. The Labute approximate surface area is 222 Å². The van der Waals surface area contributed by atoms with Gasteiger partial charge in [0.05, 0.1) is 13.2 Å². The summed E-state index contributed by atoms with van der Waals surface area (Å²) in [5.74, 6) is -0.948. The van der Waals surface area contributed by atoms with Crippen LogP contribution in [0.2, 0.25) is 0 Å². The van der Waals surface area contributed by atoms with Crippen LogP contribution in [0.1, 0.15) is 84.5 Å². The molecule has 0 aliphatic heterocycles. The van der Waals surface area contributed by atoms with Crippen molar-refractivity contribution >= 4 is 0 Å². The third kappa shape index (κ3) is 9.18. The van der Waals surface area contributed by atoms with Gasteiger partial charge in [-0.15, -0.1) is 0 Å². The van der Waals surface area contributed by atoms with E-state index in [4.69, 9.17) is 9.47 Å². The average Bonchev–Trinajstić information content (AvgIpc) is 2.93. The zero-order valence-corrected chi connectivity index (χ0v) is 22.5. The Kier molecular flexibility index (Phi) is 12.5. The highest BCUT2D eigenvalue weighted by atomic mass is 19.2. The number of hydrogen-bond acceptors (Lipinski definition) is 2. The zero-order chi connectivity index (χ0) is 26.3. The highest BCUT2D eigenvalue weighted by molar-refractivity contribution is 5.71. The third-order valence-electron chi connectivity index (χ3n) is 6.70. The van der Waals surface area contributed by atoms with Crippen LogP contribution in [0.5, 0.6) is 11.5 Å². The summed E-state index contributed by atoms with van der Waals surface area (Å²) in [4.78, 5) is 0. The van der Waals surface area contributed by atoms with Crippen molar-refractivity contribution in [3.05, 3.63) is 72.3 Å². The van der Waals surface area contributed by atoms with Crippen LogP contribution in [-0.2, 0) is 0 Å². The van der Waals surface area contributed by atoms with E-state index in [0.717, 1.165) is 49.2 Å². The van der Waals surface area contributed by atoms with Crippen LogP contribution in [0, 0.1) is 11.6 Å². The highest BCUT2D eigenvalue weighted by Gasteiger charge is 2.16. The lowest BCUT2D eigenvalue weighted by Crippen LogP contribution is -2.01. The summed E-state index contributed by atoms with van der Waals surface area (Å²) >= 11 is 0. The Morgan fingerprint density at radius 2 is 0.973 bits per heavy atom.